The average Bonchev–Trinajstić information content (AvgIpc) is 3.05. The maximum Gasteiger partial charge on any atom is 0.241 e. The molecule has 1 saturated carbocycles. The normalized spacial score (nSPS) is 14.6. The predicted octanol–water partition coefficient (Wildman–Crippen LogP) is 1.95. The van der Waals surface area contributed by atoms with Crippen LogP contribution < -0.4 is 4.90 Å². The van der Waals surface area contributed by atoms with Crippen LogP contribution in [-0.4, -0.2) is 37.6 Å². The molecule has 0 saturated heterocycles. The van der Waals surface area contributed by atoms with Crippen molar-refractivity contribution in [2.45, 2.75) is 19.8 Å². The smallest absolute Gasteiger partial charge is 0.241 e. The number of hydrogen-bond donors (Lipinski definition) is 0. The minimum Gasteiger partial charge on any atom is -0.341 e. The van der Waals surface area contributed by atoms with E-state index in [4.69, 9.17) is 11.6 Å². The van der Waals surface area contributed by atoms with E-state index in [1.807, 2.05) is 0 Å². The molecule has 1 aliphatic rings. The molecule has 7 heteroatoms. The van der Waals surface area contributed by atoms with Gasteiger partial charge in [-0.3, -0.25) is 4.57 Å². The molecule has 0 amide bonds. The SMILES string of the molecule is CCN(CC1CC1)c1nc(Cl)nc(-n2ccnc2)n1. The van der Waals surface area contributed by atoms with Crippen molar-refractivity contribution in [3.05, 3.63) is 24.0 Å². The van der Waals surface area contributed by atoms with Gasteiger partial charge in [0.15, 0.2) is 0 Å². The molecule has 6 nitrogen and oxygen atoms in total. The molecule has 2 aromatic heterocycles. The van der Waals surface area contributed by atoms with Crippen LogP contribution in [0.4, 0.5) is 5.95 Å². The lowest BCUT2D eigenvalue weighted by Crippen LogP contribution is -2.27. The first-order valence-electron chi connectivity index (χ1n) is 6.41. The molecular weight excluding hydrogens is 264 g/mol. The third kappa shape index (κ3) is 2.84. The van der Waals surface area contributed by atoms with Crippen molar-refractivity contribution in [3.63, 3.8) is 0 Å². The Bertz CT molecular complexity index is 551. The number of hydrogen-bond acceptors (Lipinski definition) is 5. The first-order valence-corrected chi connectivity index (χ1v) is 6.79. The van der Waals surface area contributed by atoms with Gasteiger partial charge in [0.2, 0.25) is 17.2 Å². The van der Waals surface area contributed by atoms with Crippen molar-refractivity contribution < 1.29 is 0 Å². The topological polar surface area (TPSA) is 59.7 Å². The van der Waals surface area contributed by atoms with Gasteiger partial charge in [-0.25, -0.2) is 4.98 Å². The zero-order chi connectivity index (χ0) is 13.2. The monoisotopic (exact) mass is 278 g/mol. The third-order valence-electron chi connectivity index (χ3n) is 3.16. The predicted molar refractivity (Wildman–Crippen MR) is 72.6 cm³/mol. The Morgan fingerprint density at radius 2 is 2.21 bits per heavy atom. The number of nitrogens with zero attached hydrogens (tertiary/aromatic N) is 6. The van der Waals surface area contributed by atoms with Gasteiger partial charge in [0.25, 0.3) is 0 Å². The molecule has 0 atom stereocenters. The van der Waals surface area contributed by atoms with E-state index in [0.717, 1.165) is 19.0 Å². The van der Waals surface area contributed by atoms with Crippen molar-refractivity contribution in [1.29, 1.82) is 0 Å². The summed E-state index contributed by atoms with van der Waals surface area (Å²) in [6.45, 7) is 3.94. The number of halogens is 1. The Morgan fingerprint density at radius 1 is 1.37 bits per heavy atom. The lowest BCUT2D eigenvalue weighted by Gasteiger charge is -2.20. The Kier molecular flexibility index (Phi) is 3.33. The maximum atomic E-state index is 6.00. The Balaban J connectivity index is 1.91. The number of aromatic nitrogens is 5. The molecule has 0 bridgehead atoms. The molecule has 19 heavy (non-hydrogen) atoms. The Hall–Kier alpha value is -1.69. The van der Waals surface area contributed by atoms with Crippen molar-refractivity contribution in [1.82, 2.24) is 24.5 Å². The van der Waals surface area contributed by atoms with Gasteiger partial charge in [-0.05, 0) is 37.3 Å². The van der Waals surface area contributed by atoms with Crippen molar-refractivity contribution in [2.75, 3.05) is 18.0 Å². The van der Waals surface area contributed by atoms with E-state index in [9.17, 15) is 0 Å². The highest BCUT2D eigenvalue weighted by molar-refractivity contribution is 6.28. The van der Waals surface area contributed by atoms with E-state index >= 15 is 0 Å². The summed E-state index contributed by atoms with van der Waals surface area (Å²) in [5.74, 6) is 1.91. The second-order valence-electron chi connectivity index (χ2n) is 4.66. The zero-order valence-electron chi connectivity index (χ0n) is 10.7. The van der Waals surface area contributed by atoms with Gasteiger partial charge in [-0.15, -0.1) is 0 Å². The van der Waals surface area contributed by atoms with Crippen LogP contribution >= 0.6 is 11.6 Å². The summed E-state index contributed by atoms with van der Waals surface area (Å²) >= 11 is 6.00. The van der Waals surface area contributed by atoms with Gasteiger partial charge in [-0.1, -0.05) is 0 Å². The third-order valence-corrected chi connectivity index (χ3v) is 3.33. The van der Waals surface area contributed by atoms with Gasteiger partial charge in [0.05, 0.1) is 0 Å². The molecule has 2 heterocycles. The van der Waals surface area contributed by atoms with E-state index in [1.165, 1.54) is 12.8 Å². The van der Waals surface area contributed by atoms with Crippen LogP contribution in [0.25, 0.3) is 5.95 Å². The largest absolute Gasteiger partial charge is 0.341 e. The van der Waals surface area contributed by atoms with Crippen molar-refractivity contribution in [2.24, 2.45) is 5.92 Å². The molecule has 0 aliphatic heterocycles. The van der Waals surface area contributed by atoms with E-state index < -0.39 is 0 Å². The summed E-state index contributed by atoms with van der Waals surface area (Å²) < 4.78 is 1.72. The Labute approximate surface area is 116 Å². The average molecular weight is 279 g/mol. The van der Waals surface area contributed by atoms with Crippen molar-refractivity contribution >= 4 is 17.5 Å². The molecule has 100 valence electrons. The van der Waals surface area contributed by atoms with Crippen LogP contribution in [-0.2, 0) is 0 Å². The van der Waals surface area contributed by atoms with E-state index in [0.29, 0.717) is 11.9 Å². The molecule has 1 fully saturated rings. The molecule has 1 aliphatic carbocycles. The minimum absolute atomic E-state index is 0.211. The molecule has 0 aromatic carbocycles. The zero-order valence-corrected chi connectivity index (χ0v) is 11.5. The molecule has 2 aromatic rings. The van der Waals surface area contributed by atoms with Crippen LogP contribution in [0.15, 0.2) is 18.7 Å². The fourth-order valence-corrected chi connectivity index (χ4v) is 2.08. The summed E-state index contributed by atoms with van der Waals surface area (Å²) in [6.07, 6.45) is 7.70. The fraction of sp³-hybridized carbons (Fsp3) is 0.500. The van der Waals surface area contributed by atoms with Crippen LogP contribution in [0, 0.1) is 5.92 Å². The van der Waals surface area contributed by atoms with Crippen LogP contribution in [0.2, 0.25) is 5.28 Å². The second-order valence-corrected chi connectivity index (χ2v) is 4.99. The highest BCUT2D eigenvalue weighted by Gasteiger charge is 2.25. The summed E-state index contributed by atoms with van der Waals surface area (Å²) in [5, 5.41) is 0.211. The fourth-order valence-electron chi connectivity index (χ4n) is 1.93. The summed E-state index contributed by atoms with van der Waals surface area (Å²) in [5.41, 5.74) is 0. The van der Waals surface area contributed by atoms with Crippen LogP contribution in [0.1, 0.15) is 19.8 Å². The lowest BCUT2D eigenvalue weighted by molar-refractivity contribution is 0.711. The first kappa shape index (κ1) is 12.3. The summed E-state index contributed by atoms with van der Waals surface area (Å²) in [4.78, 5) is 19.0. The molecule has 3 rings (SSSR count). The lowest BCUT2D eigenvalue weighted by atomic mass is 10.4. The second kappa shape index (κ2) is 5.13. The number of rotatable bonds is 5. The van der Waals surface area contributed by atoms with Gasteiger partial charge in [-0.2, -0.15) is 15.0 Å². The van der Waals surface area contributed by atoms with E-state index in [2.05, 4.69) is 31.8 Å². The van der Waals surface area contributed by atoms with E-state index in [1.54, 1.807) is 23.3 Å². The quantitative estimate of drug-likeness (QED) is 0.837. The molecule has 0 spiro atoms. The molecule has 0 radical (unpaired) electrons. The molecular formula is C12H15ClN6. The standard InChI is InChI=1S/C12H15ClN6/c1-2-18(7-9-3-4-9)11-15-10(13)16-12(17-11)19-6-5-14-8-19/h5-6,8-9H,2-4,7H2,1H3. The van der Waals surface area contributed by atoms with E-state index in [-0.39, 0.29) is 5.28 Å². The van der Waals surface area contributed by atoms with Gasteiger partial charge >= 0.3 is 0 Å². The highest BCUT2D eigenvalue weighted by Crippen LogP contribution is 2.30. The minimum atomic E-state index is 0.211. The van der Waals surface area contributed by atoms with Crippen molar-refractivity contribution in [3.8, 4) is 5.95 Å². The van der Waals surface area contributed by atoms with Crippen LogP contribution in [0.5, 0.6) is 0 Å². The summed E-state index contributed by atoms with van der Waals surface area (Å²) in [6, 6.07) is 0. The van der Waals surface area contributed by atoms with Gasteiger partial charge in [0.1, 0.15) is 6.33 Å². The summed E-state index contributed by atoms with van der Waals surface area (Å²) in [7, 11) is 0. The molecule has 0 unspecified atom stereocenters. The Morgan fingerprint density at radius 3 is 2.84 bits per heavy atom. The first-order chi connectivity index (χ1) is 9.26. The highest BCUT2D eigenvalue weighted by atomic mass is 35.5. The number of imidazole rings is 1. The van der Waals surface area contributed by atoms with Crippen LogP contribution in [0.3, 0.4) is 0 Å². The maximum absolute atomic E-state index is 6.00. The van der Waals surface area contributed by atoms with Gasteiger partial charge < -0.3 is 4.90 Å². The van der Waals surface area contributed by atoms with Gasteiger partial charge in [0, 0.05) is 25.5 Å². The number of anilines is 1. The molecule has 0 N–H and O–H groups in total.